The third-order valence-electron chi connectivity index (χ3n) is 4.49. The number of ether oxygens (including phenoxy) is 1. The van der Waals surface area contributed by atoms with Gasteiger partial charge in [0.15, 0.2) is 5.78 Å². The van der Waals surface area contributed by atoms with E-state index >= 15 is 0 Å². The lowest BCUT2D eigenvalue weighted by molar-refractivity contribution is 0.103. The van der Waals surface area contributed by atoms with Gasteiger partial charge in [0.2, 0.25) is 0 Å². The lowest BCUT2D eigenvalue weighted by atomic mass is 10.0. The van der Waals surface area contributed by atoms with E-state index < -0.39 is 0 Å². The van der Waals surface area contributed by atoms with Gasteiger partial charge in [0.25, 0.3) is 0 Å². The maximum atomic E-state index is 12.7. The minimum atomic E-state index is -0.184. The first-order valence-corrected chi connectivity index (χ1v) is 9.79. The van der Waals surface area contributed by atoms with E-state index in [1.807, 2.05) is 42.5 Å². The fourth-order valence-corrected chi connectivity index (χ4v) is 3.36. The summed E-state index contributed by atoms with van der Waals surface area (Å²) in [6.45, 7) is 0. The Balaban J connectivity index is 1.48. The molecule has 0 aliphatic carbocycles. The third kappa shape index (κ3) is 4.51. The average molecular weight is 419 g/mol. The summed E-state index contributed by atoms with van der Waals surface area (Å²) in [5, 5.41) is 0.842. The molecular formula is C25H16Cl2O2. The Morgan fingerprint density at radius 1 is 0.655 bits per heavy atom. The zero-order valence-corrected chi connectivity index (χ0v) is 16.8. The van der Waals surface area contributed by atoms with Crippen LogP contribution in [0, 0.1) is 0 Å². The van der Waals surface area contributed by atoms with Gasteiger partial charge < -0.3 is 4.74 Å². The lowest BCUT2D eigenvalue weighted by Crippen LogP contribution is -2.02. The summed E-state index contributed by atoms with van der Waals surface area (Å²) in [6, 6.07) is 29.8. The fraction of sp³-hybridized carbons (Fsp3) is 0. The molecule has 4 rings (SSSR count). The van der Waals surface area contributed by atoms with Crippen LogP contribution >= 0.6 is 23.2 Å². The van der Waals surface area contributed by atoms with Crippen LogP contribution in [0.3, 0.4) is 0 Å². The highest BCUT2D eigenvalue weighted by Gasteiger charge is 2.13. The SMILES string of the molecule is O=C(c1ccc(Oc2ccc(-c3ccccc3)cc2)cc1)c1cc(Cl)ccc1Cl. The van der Waals surface area contributed by atoms with E-state index in [-0.39, 0.29) is 5.78 Å². The molecule has 0 spiro atoms. The number of hydrogen-bond acceptors (Lipinski definition) is 2. The van der Waals surface area contributed by atoms with Crippen molar-refractivity contribution in [2.75, 3.05) is 0 Å². The Bertz CT molecular complexity index is 1140. The standard InChI is InChI=1S/C25H16Cl2O2/c26-20-10-15-24(27)23(16-20)25(28)19-8-13-22(14-9-19)29-21-11-6-18(7-12-21)17-4-2-1-3-5-17/h1-16H. The second kappa shape index (κ2) is 8.52. The van der Waals surface area contributed by atoms with Crippen molar-refractivity contribution < 1.29 is 9.53 Å². The first kappa shape index (κ1) is 19.3. The van der Waals surface area contributed by atoms with Crippen molar-refractivity contribution in [1.82, 2.24) is 0 Å². The van der Waals surface area contributed by atoms with Gasteiger partial charge in [-0.1, -0.05) is 65.7 Å². The van der Waals surface area contributed by atoms with E-state index in [2.05, 4.69) is 12.1 Å². The summed E-state index contributed by atoms with van der Waals surface area (Å²) in [6.07, 6.45) is 0. The number of carbonyl (C=O) groups is 1. The second-order valence-corrected chi connectivity index (χ2v) is 7.31. The highest BCUT2D eigenvalue weighted by molar-refractivity contribution is 6.36. The van der Waals surface area contributed by atoms with Crippen molar-refractivity contribution in [3.05, 3.63) is 118 Å². The lowest BCUT2D eigenvalue weighted by Gasteiger charge is -2.09. The number of halogens is 2. The molecule has 0 atom stereocenters. The molecule has 0 heterocycles. The van der Waals surface area contributed by atoms with Gasteiger partial charge in [-0.2, -0.15) is 0 Å². The van der Waals surface area contributed by atoms with Crippen LogP contribution in [0.4, 0.5) is 0 Å². The molecule has 0 saturated carbocycles. The predicted molar refractivity (Wildman–Crippen MR) is 118 cm³/mol. The zero-order valence-electron chi connectivity index (χ0n) is 15.3. The van der Waals surface area contributed by atoms with Crippen LogP contribution in [0.25, 0.3) is 11.1 Å². The highest BCUT2D eigenvalue weighted by Crippen LogP contribution is 2.27. The molecule has 0 bridgehead atoms. The van der Waals surface area contributed by atoms with Crippen molar-refractivity contribution in [2.45, 2.75) is 0 Å². The molecule has 4 aromatic rings. The number of ketones is 1. The van der Waals surface area contributed by atoms with Crippen LogP contribution in [0.5, 0.6) is 11.5 Å². The van der Waals surface area contributed by atoms with Crippen molar-refractivity contribution in [1.29, 1.82) is 0 Å². The van der Waals surface area contributed by atoms with E-state index in [0.29, 0.717) is 26.9 Å². The predicted octanol–water partition coefficient (Wildman–Crippen LogP) is 7.68. The molecule has 4 heteroatoms. The Morgan fingerprint density at radius 2 is 1.24 bits per heavy atom. The maximum Gasteiger partial charge on any atom is 0.194 e. The Morgan fingerprint density at radius 3 is 1.90 bits per heavy atom. The van der Waals surface area contributed by atoms with Crippen molar-refractivity contribution in [3.63, 3.8) is 0 Å². The topological polar surface area (TPSA) is 26.3 Å². The molecule has 0 aliphatic heterocycles. The molecule has 0 amide bonds. The van der Waals surface area contributed by atoms with Gasteiger partial charge in [-0.3, -0.25) is 4.79 Å². The van der Waals surface area contributed by atoms with Crippen LogP contribution in [0.2, 0.25) is 10.0 Å². The summed E-state index contributed by atoms with van der Waals surface area (Å²) in [7, 11) is 0. The average Bonchev–Trinajstić information content (AvgIpc) is 2.77. The first-order chi connectivity index (χ1) is 14.1. The van der Waals surface area contributed by atoms with Gasteiger partial charge in [-0.05, 0) is 65.7 Å². The number of benzene rings is 4. The molecule has 29 heavy (non-hydrogen) atoms. The summed E-state index contributed by atoms with van der Waals surface area (Å²) in [5.74, 6) is 1.18. The molecular weight excluding hydrogens is 403 g/mol. The summed E-state index contributed by atoms with van der Waals surface area (Å²) >= 11 is 12.1. The van der Waals surface area contributed by atoms with Gasteiger partial charge in [0, 0.05) is 16.1 Å². The van der Waals surface area contributed by atoms with Gasteiger partial charge in [-0.25, -0.2) is 0 Å². The smallest absolute Gasteiger partial charge is 0.194 e. The summed E-state index contributed by atoms with van der Waals surface area (Å²) < 4.78 is 5.89. The van der Waals surface area contributed by atoms with E-state index in [4.69, 9.17) is 27.9 Å². The quantitative estimate of drug-likeness (QED) is 0.310. The molecule has 0 fully saturated rings. The molecule has 4 aromatic carbocycles. The van der Waals surface area contributed by atoms with Crippen molar-refractivity contribution >= 4 is 29.0 Å². The van der Waals surface area contributed by atoms with Crippen LogP contribution in [0.15, 0.2) is 97.1 Å². The highest BCUT2D eigenvalue weighted by atomic mass is 35.5. The maximum absolute atomic E-state index is 12.7. The zero-order chi connectivity index (χ0) is 20.2. The number of carbonyl (C=O) groups excluding carboxylic acids is 1. The van der Waals surface area contributed by atoms with Crippen LogP contribution in [-0.2, 0) is 0 Å². The minimum absolute atomic E-state index is 0.184. The van der Waals surface area contributed by atoms with Crippen LogP contribution < -0.4 is 4.74 Å². The monoisotopic (exact) mass is 418 g/mol. The largest absolute Gasteiger partial charge is 0.457 e. The van der Waals surface area contributed by atoms with Gasteiger partial charge in [0.05, 0.1) is 5.02 Å². The second-order valence-electron chi connectivity index (χ2n) is 6.47. The van der Waals surface area contributed by atoms with E-state index in [9.17, 15) is 4.79 Å². The molecule has 0 aromatic heterocycles. The van der Waals surface area contributed by atoms with Crippen molar-refractivity contribution in [3.8, 4) is 22.6 Å². The molecule has 0 unspecified atom stereocenters. The van der Waals surface area contributed by atoms with E-state index in [0.717, 1.165) is 16.9 Å². The summed E-state index contributed by atoms with van der Waals surface area (Å²) in [4.78, 5) is 12.7. The molecule has 2 nitrogen and oxygen atoms in total. The normalized spacial score (nSPS) is 10.6. The fourth-order valence-electron chi connectivity index (χ4n) is 2.98. The first-order valence-electron chi connectivity index (χ1n) is 9.03. The molecule has 0 radical (unpaired) electrons. The summed E-state index contributed by atoms with van der Waals surface area (Å²) in [5.41, 5.74) is 3.17. The van der Waals surface area contributed by atoms with Crippen molar-refractivity contribution in [2.24, 2.45) is 0 Å². The van der Waals surface area contributed by atoms with Gasteiger partial charge in [-0.15, -0.1) is 0 Å². The Hall–Kier alpha value is -3.07. The van der Waals surface area contributed by atoms with Crippen LogP contribution in [0.1, 0.15) is 15.9 Å². The number of rotatable bonds is 5. The van der Waals surface area contributed by atoms with Crippen LogP contribution in [-0.4, -0.2) is 5.78 Å². The van der Waals surface area contributed by atoms with E-state index in [1.165, 1.54) is 0 Å². The Labute approximate surface area is 179 Å². The molecule has 0 aliphatic rings. The molecule has 0 saturated heterocycles. The Kier molecular flexibility index (Phi) is 5.66. The van der Waals surface area contributed by atoms with E-state index in [1.54, 1.807) is 42.5 Å². The van der Waals surface area contributed by atoms with Gasteiger partial charge in [0.1, 0.15) is 11.5 Å². The van der Waals surface area contributed by atoms with Gasteiger partial charge >= 0.3 is 0 Å². The third-order valence-corrected chi connectivity index (χ3v) is 5.05. The minimum Gasteiger partial charge on any atom is -0.457 e. The molecule has 142 valence electrons. The number of hydrogen-bond donors (Lipinski definition) is 0. The molecule has 0 N–H and O–H groups in total.